The molecule has 0 aromatic rings. The van der Waals surface area contributed by atoms with Gasteiger partial charge in [0.05, 0.1) is 12.5 Å². The molecule has 0 spiro atoms. The highest BCUT2D eigenvalue weighted by Gasteiger charge is 2.28. The minimum atomic E-state index is -0.0000655. The van der Waals surface area contributed by atoms with Crippen LogP contribution in [0.4, 0.5) is 0 Å². The fourth-order valence-electron chi connectivity index (χ4n) is 1.87. The molecule has 0 aromatic heterocycles. The summed E-state index contributed by atoms with van der Waals surface area (Å²) in [5.41, 5.74) is 5.69. The number of nitrogens with one attached hydrogen (secondary N) is 1. The van der Waals surface area contributed by atoms with Crippen LogP contribution in [0.2, 0.25) is 0 Å². The molecule has 0 saturated carbocycles. The maximum Gasteiger partial charge on any atom is 0.225 e. The SMILES string of the molecule is CC(C)(C)C(CN)NC(=O)C1CCCOC1. The van der Waals surface area contributed by atoms with Crippen LogP contribution in [0.3, 0.4) is 0 Å². The molecule has 1 heterocycles. The molecule has 0 radical (unpaired) electrons. The number of nitrogens with two attached hydrogens (primary N) is 1. The first kappa shape index (κ1) is 13.5. The lowest BCUT2D eigenvalue weighted by molar-refractivity contribution is -0.130. The summed E-state index contributed by atoms with van der Waals surface area (Å²) in [6.07, 6.45) is 1.90. The molecule has 1 aliphatic heterocycles. The minimum absolute atomic E-state index is 0.0000655. The predicted octanol–water partition coefficient (Wildman–Crippen LogP) is 0.903. The normalized spacial score (nSPS) is 23.9. The van der Waals surface area contributed by atoms with Gasteiger partial charge in [-0.2, -0.15) is 0 Å². The van der Waals surface area contributed by atoms with Gasteiger partial charge < -0.3 is 15.8 Å². The van der Waals surface area contributed by atoms with Gasteiger partial charge in [0, 0.05) is 19.2 Å². The van der Waals surface area contributed by atoms with Crippen LogP contribution in [0.25, 0.3) is 0 Å². The highest BCUT2D eigenvalue weighted by atomic mass is 16.5. The molecule has 0 aromatic carbocycles. The summed E-state index contributed by atoms with van der Waals surface area (Å²) in [6, 6.07) is 0.0296. The van der Waals surface area contributed by atoms with Gasteiger partial charge >= 0.3 is 0 Å². The molecule has 94 valence electrons. The second-order valence-electron chi connectivity index (χ2n) is 5.58. The van der Waals surface area contributed by atoms with Crippen LogP contribution in [0, 0.1) is 11.3 Å². The molecule has 1 rings (SSSR count). The first-order valence-corrected chi connectivity index (χ1v) is 6.03. The highest BCUT2D eigenvalue weighted by Crippen LogP contribution is 2.20. The number of rotatable bonds is 3. The third-order valence-corrected chi connectivity index (χ3v) is 3.13. The molecule has 16 heavy (non-hydrogen) atoms. The van der Waals surface area contributed by atoms with E-state index in [-0.39, 0.29) is 23.3 Å². The van der Waals surface area contributed by atoms with Crippen molar-refractivity contribution in [1.29, 1.82) is 0 Å². The number of amides is 1. The lowest BCUT2D eigenvalue weighted by Gasteiger charge is -2.32. The fourth-order valence-corrected chi connectivity index (χ4v) is 1.87. The van der Waals surface area contributed by atoms with Gasteiger partial charge in [0.25, 0.3) is 0 Å². The van der Waals surface area contributed by atoms with E-state index in [1.165, 1.54) is 0 Å². The lowest BCUT2D eigenvalue weighted by Crippen LogP contribution is -2.51. The second-order valence-corrected chi connectivity index (χ2v) is 5.58. The molecule has 3 N–H and O–H groups in total. The summed E-state index contributed by atoms with van der Waals surface area (Å²) >= 11 is 0. The Labute approximate surface area is 97.9 Å². The molecule has 1 fully saturated rings. The highest BCUT2D eigenvalue weighted by molar-refractivity contribution is 5.79. The van der Waals surface area contributed by atoms with Crippen LogP contribution in [-0.4, -0.2) is 31.7 Å². The van der Waals surface area contributed by atoms with Crippen molar-refractivity contribution >= 4 is 5.91 Å². The zero-order valence-corrected chi connectivity index (χ0v) is 10.6. The third kappa shape index (κ3) is 3.76. The number of hydrogen-bond acceptors (Lipinski definition) is 3. The molecule has 0 aliphatic carbocycles. The Morgan fingerprint density at radius 1 is 1.56 bits per heavy atom. The van der Waals surface area contributed by atoms with Crippen molar-refractivity contribution in [3.63, 3.8) is 0 Å². The number of carbonyl (C=O) groups is 1. The maximum atomic E-state index is 12.0. The van der Waals surface area contributed by atoms with E-state index in [4.69, 9.17) is 10.5 Å². The topological polar surface area (TPSA) is 64.3 Å². The zero-order chi connectivity index (χ0) is 12.2. The molecule has 1 aliphatic rings. The Kier molecular flexibility index (Phi) is 4.74. The van der Waals surface area contributed by atoms with E-state index in [2.05, 4.69) is 26.1 Å². The van der Waals surface area contributed by atoms with Gasteiger partial charge in [-0.25, -0.2) is 0 Å². The van der Waals surface area contributed by atoms with E-state index >= 15 is 0 Å². The van der Waals surface area contributed by atoms with Gasteiger partial charge in [-0.05, 0) is 18.3 Å². The third-order valence-electron chi connectivity index (χ3n) is 3.13. The van der Waals surface area contributed by atoms with Gasteiger partial charge in [0.2, 0.25) is 5.91 Å². The molecule has 2 unspecified atom stereocenters. The van der Waals surface area contributed by atoms with E-state index in [0.717, 1.165) is 19.4 Å². The quantitative estimate of drug-likeness (QED) is 0.754. The van der Waals surface area contributed by atoms with Gasteiger partial charge in [0.1, 0.15) is 0 Å². The van der Waals surface area contributed by atoms with Crippen LogP contribution in [0.1, 0.15) is 33.6 Å². The van der Waals surface area contributed by atoms with Gasteiger partial charge in [-0.3, -0.25) is 4.79 Å². The van der Waals surface area contributed by atoms with Crippen molar-refractivity contribution in [3.05, 3.63) is 0 Å². The Hall–Kier alpha value is -0.610. The molecule has 4 heteroatoms. The van der Waals surface area contributed by atoms with Crippen molar-refractivity contribution in [2.45, 2.75) is 39.7 Å². The summed E-state index contributed by atoms with van der Waals surface area (Å²) < 4.78 is 5.31. The van der Waals surface area contributed by atoms with Crippen LogP contribution in [-0.2, 0) is 9.53 Å². The van der Waals surface area contributed by atoms with E-state index in [1.54, 1.807) is 0 Å². The first-order chi connectivity index (χ1) is 7.45. The monoisotopic (exact) mass is 228 g/mol. The molecule has 1 saturated heterocycles. The number of ether oxygens (including phenoxy) is 1. The summed E-state index contributed by atoms with van der Waals surface area (Å²) in [5.74, 6) is 0.0928. The second kappa shape index (κ2) is 5.64. The molecular weight excluding hydrogens is 204 g/mol. The summed E-state index contributed by atoms with van der Waals surface area (Å²) in [6.45, 7) is 8.06. The number of hydrogen-bond donors (Lipinski definition) is 2. The zero-order valence-electron chi connectivity index (χ0n) is 10.6. The summed E-state index contributed by atoms with van der Waals surface area (Å²) in [5, 5.41) is 3.03. The van der Waals surface area contributed by atoms with Gasteiger partial charge in [-0.15, -0.1) is 0 Å². The van der Waals surface area contributed by atoms with E-state index < -0.39 is 0 Å². The first-order valence-electron chi connectivity index (χ1n) is 6.03. The van der Waals surface area contributed by atoms with Crippen molar-refractivity contribution in [3.8, 4) is 0 Å². The van der Waals surface area contributed by atoms with Crippen molar-refractivity contribution in [2.75, 3.05) is 19.8 Å². The Bertz CT molecular complexity index is 230. The van der Waals surface area contributed by atoms with Crippen LogP contribution >= 0.6 is 0 Å². The van der Waals surface area contributed by atoms with E-state index in [1.807, 2.05) is 0 Å². The molecule has 2 atom stereocenters. The van der Waals surface area contributed by atoms with Gasteiger partial charge in [-0.1, -0.05) is 20.8 Å². The Balaban J connectivity index is 2.48. The smallest absolute Gasteiger partial charge is 0.225 e. The predicted molar refractivity (Wildman–Crippen MR) is 64.0 cm³/mol. The minimum Gasteiger partial charge on any atom is -0.381 e. The molecule has 1 amide bonds. The summed E-state index contributed by atoms with van der Waals surface area (Å²) in [7, 11) is 0. The van der Waals surface area contributed by atoms with Crippen LogP contribution < -0.4 is 11.1 Å². The Morgan fingerprint density at radius 2 is 2.25 bits per heavy atom. The Morgan fingerprint density at radius 3 is 2.69 bits per heavy atom. The van der Waals surface area contributed by atoms with Gasteiger partial charge in [0.15, 0.2) is 0 Å². The van der Waals surface area contributed by atoms with Crippen molar-refractivity contribution in [2.24, 2.45) is 17.1 Å². The summed E-state index contributed by atoms with van der Waals surface area (Å²) in [4.78, 5) is 12.0. The lowest BCUT2D eigenvalue weighted by atomic mass is 9.86. The number of carbonyl (C=O) groups excluding carboxylic acids is 1. The molecular formula is C12H24N2O2. The average Bonchev–Trinajstić information content (AvgIpc) is 2.25. The molecule has 4 nitrogen and oxygen atoms in total. The molecule has 0 bridgehead atoms. The maximum absolute atomic E-state index is 12.0. The standard InChI is InChI=1S/C12H24N2O2/c1-12(2,3)10(7-13)14-11(15)9-5-4-6-16-8-9/h9-10H,4-8,13H2,1-3H3,(H,14,15). The van der Waals surface area contributed by atoms with Crippen molar-refractivity contribution in [1.82, 2.24) is 5.32 Å². The van der Waals surface area contributed by atoms with Crippen LogP contribution in [0.5, 0.6) is 0 Å². The van der Waals surface area contributed by atoms with Crippen molar-refractivity contribution < 1.29 is 9.53 Å². The van der Waals surface area contributed by atoms with E-state index in [9.17, 15) is 4.79 Å². The van der Waals surface area contributed by atoms with E-state index in [0.29, 0.717) is 13.2 Å². The average molecular weight is 228 g/mol. The largest absolute Gasteiger partial charge is 0.381 e. The fraction of sp³-hybridized carbons (Fsp3) is 0.917. The van der Waals surface area contributed by atoms with Crippen LogP contribution in [0.15, 0.2) is 0 Å².